The van der Waals surface area contributed by atoms with E-state index in [-0.39, 0.29) is 12.0 Å². The Kier molecular flexibility index (Phi) is 6.93. The predicted octanol–water partition coefficient (Wildman–Crippen LogP) is 3.00. The number of nitrogens with one attached hydrogen (secondary N) is 1. The highest BCUT2D eigenvalue weighted by molar-refractivity contribution is 6.33. The van der Waals surface area contributed by atoms with Crippen molar-refractivity contribution in [2.75, 3.05) is 44.7 Å². The number of nitrogens with zero attached hydrogens (tertiary/aromatic N) is 2. The van der Waals surface area contributed by atoms with Crippen molar-refractivity contribution in [1.29, 1.82) is 0 Å². The van der Waals surface area contributed by atoms with Gasteiger partial charge in [0.1, 0.15) is 0 Å². The highest BCUT2D eigenvalue weighted by Gasteiger charge is 2.23. The fourth-order valence-electron chi connectivity index (χ4n) is 2.73. The average molecular weight is 368 g/mol. The van der Waals surface area contributed by atoms with E-state index < -0.39 is 0 Å². The molecule has 0 aromatic heterocycles. The Morgan fingerprint density at radius 2 is 1.92 bits per heavy atom. The fraction of sp³-hybridized carbons (Fsp3) is 0.556. The molecule has 0 aliphatic carbocycles. The van der Waals surface area contributed by atoms with Crippen molar-refractivity contribution in [1.82, 2.24) is 10.2 Å². The van der Waals surface area contributed by atoms with Crippen LogP contribution in [0.15, 0.2) is 18.2 Å². The number of carbonyl (C=O) groups is 2. The number of rotatable bonds is 5. The van der Waals surface area contributed by atoms with E-state index in [0.717, 1.165) is 12.1 Å². The van der Waals surface area contributed by atoms with E-state index in [1.807, 2.05) is 4.90 Å². The molecule has 0 saturated carbocycles. The summed E-state index contributed by atoms with van der Waals surface area (Å²) in [5.41, 5.74) is 1.26. The van der Waals surface area contributed by atoms with Crippen LogP contribution in [0.5, 0.6) is 0 Å². The third-order valence-electron chi connectivity index (χ3n) is 4.27. The lowest BCUT2D eigenvalue weighted by atomic mass is 10.1. The zero-order valence-corrected chi connectivity index (χ0v) is 15.8. The third kappa shape index (κ3) is 5.26. The number of amides is 2. The topological polar surface area (TPSA) is 61.9 Å². The maximum Gasteiger partial charge on any atom is 0.337 e. The quantitative estimate of drug-likeness (QED) is 0.812. The largest absolute Gasteiger partial charge is 0.465 e. The van der Waals surface area contributed by atoms with Gasteiger partial charge in [-0.05, 0) is 30.5 Å². The molecular formula is C18H26ClN3O3. The van der Waals surface area contributed by atoms with Gasteiger partial charge in [-0.2, -0.15) is 0 Å². The van der Waals surface area contributed by atoms with Gasteiger partial charge in [-0.1, -0.05) is 25.4 Å². The number of piperazine rings is 1. The number of esters is 1. The Hall–Kier alpha value is -1.95. The number of benzene rings is 1. The summed E-state index contributed by atoms with van der Waals surface area (Å²) in [6, 6.07) is 5.08. The molecule has 1 heterocycles. The molecule has 1 aromatic rings. The van der Waals surface area contributed by atoms with E-state index in [0.29, 0.717) is 49.2 Å². The fourth-order valence-corrected chi connectivity index (χ4v) is 2.97. The lowest BCUT2D eigenvalue weighted by molar-refractivity contribution is 0.0600. The summed E-state index contributed by atoms with van der Waals surface area (Å²) in [6.07, 6.45) is 0.974. The summed E-state index contributed by atoms with van der Waals surface area (Å²) in [5, 5.41) is 3.55. The minimum absolute atomic E-state index is 0.0188. The molecule has 1 aliphatic heterocycles. The Labute approximate surface area is 154 Å². The molecule has 1 saturated heterocycles. The Morgan fingerprint density at radius 3 is 2.52 bits per heavy atom. The second-order valence-electron chi connectivity index (χ2n) is 6.55. The molecule has 2 amide bonds. The Morgan fingerprint density at radius 1 is 1.24 bits per heavy atom. The smallest absolute Gasteiger partial charge is 0.337 e. The van der Waals surface area contributed by atoms with Crippen LogP contribution in [0, 0.1) is 5.92 Å². The maximum atomic E-state index is 12.2. The van der Waals surface area contributed by atoms with Gasteiger partial charge in [0.15, 0.2) is 0 Å². The summed E-state index contributed by atoms with van der Waals surface area (Å²) in [6.45, 7) is 7.54. The molecule has 0 atom stereocenters. The summed E-state index contributed by atoms with van der Waals surface area (Å²) in [5.74, 6) is 0.183. The van der Waals surface area contributed by atoms with Crippen molar-refractivity contribution >= 4 is 29.3 Å². The first-order valence-corrected chi connectivity index (χ1v) is 8.95. The van der Waals surface area contributed by atoms with Gasteiger partial charge in [0.25, 0.3) is 0 Å². The summed E-state index contributed by atoms with van der Waals surface area (Å²) >= 11 is 6.29. The normalized spacial score (nSPS) is 14.6. The number of hydrogen-bond acceptors (Lipinski definition) is 4. The molecule has 2 rings (SSSR count). The second kappa shape index (κ2) is 8.94. The van der Waals surface area contributed by atoms with Crippen LogP contribution in [-0.4, -0.2) is 56.7 Å². The number of halogens is 1. The highest BCUT2D eigenvalue weighted by atomic mass is 35.5. The van der Waals surface area contributed by atoms with Gasteiger partial charge in [-0.25, -0.2) is 9.59 Å². The van der Waals surface area contributed by atoms with Gasteiger partial charge in [0.05, 0.1) is 23.4 Å². The lowest BCUT2D eigenvalue weighted by Crippen LogP contribution is -2.52. The summed E-state index contributed by atoms with van der Waals surface area (Å²) in [7, 11) is 1.35. The van der Waals surface area contributed by atoms with Crippen molar-refractivity contribution < 1.29 is 14.3 Å². The first kappa shape index (κ1) is 19.4. The van der Waals surface area contributed by atoms with E-state index in [9.17, 15) is 9.59 Å². The van der Waals surface area contributed by atoms with Crippen molar-refractivity contribution in [3.8, 4) is 0 Å². The number of carbonyl (C=O) groups excluding carboxylic acids is 2. The lowest BCUT2D eigenvalue weighted by Gasteiger charge is -2.36. The van der Waals surface area contributed by atoms with Crippen LogP contribution in [0.2, 0.25) is 5.02 Å². The van der Waals surface area contributed by atoms with Crippen LogP contribution in [0.3, 0.4) is 0 Å². The zero-order chi connectivity index (χ0) is 18.4. The summed E-state index contributed by atoms with van der Waals surface area (Å²) in [4.78, 5) is 27.8. The van der Waals surface area contributed by atoms with E-state index in [4.69, 9.17) is 16.3 Å². The standard InChI is InChI=1S/C18H26ClN3O3/c1-13(2)6-7-20-18(24)22-10-8-21(9-11-22)16-12-14(17(23)25-3)4-5-15(16)19/h4-5,12-13H,6-11H2,1-3H3,(H,20,24). The molecule has 7 heteroatoms. The van der Waals surface area contributed by atoms with Crippen LogP contribution < -0.4 is 10.2 Å². The zero-order valence-electron chi connectivity index (χ0n) is 15.0. The number of methoxy groups -OCH3 is 1. The van der Waals surface area contributed by atoms with Crippen LogP contribution in [0.25, 0.3) is 0 Å². The summed E-state index contributed by atoms with van der Waals surface area (Å²) < 4.78 is 4.76. The van der Waals surface area contributed by atoms with Crippen molar-refractivity contribution in [2.24, 2.45) is 5.92 Å². The molecule has 0 bridgehead atoms. The molecule has 1 aliphatic rings. The SMILES string of the molecule is COC(=O)c1ccc(Cl)c(N2CCN(C(=O)NCCC(C)C)CC2)c1. The molecule has 0 radical (unpaired) electrons. The molecule has 1 fully saturated rings. The van der Waals surface area contributed by atoms with Crippen LogP contribution in [-0.2, 0) is 4.74 Å². The van der Waals surface area contributed by atoms with E-state index in [1.54, 1.807) is 18.2 Å². The molecular weight excluding hydrogens is 342 g/mol. The molecule has 1 aromatic carbocycles. The molecule has 0 spiro atoms. The third-order valence-corrected chi connectivity index (χ3v) is 4.59. The number of hydrogen-bond donors (Lipinski definition) is 1. The minimum Gasteiger partial charge on any atom is -0.465 e. The van der Waals surface area contributed by atoms with Gasteiger partial charge in [0, 0.05) is 32.7 Å². The van der Waals surface area contributed by atoms with Crippen LogP contribution in [0.1, 0.15) is 30.6 Å². The predicted molar refractivity (Wildman–Crippen MR) is 99.4 cm³/mol. The number of urea groups is 1. The molecule has 25 heavy (non-hydrogen) atoms. The number of ether oxygens (including phenoxy) is 1. The number of anilines is 1. The highest BCUT2D eigenvalue weighted by Crippen LogP contribution is 2.28. The van der Waals surface area contributed by atoms with E-state index >= 15 is 0 Å². The van der Waals surface area contributed by atoms with Gasteiger partial charge < -0.3 is 19.9 Å². The van der Waals surface area contributed by atoms with Gasteiger partial charge >= 0.3 is 12.0 Å². The van der Waals surface area contributed by atoms with Gasteiger partial charge in [-0.3, -0.25) is 0 Å². The molecule has 6 nitrogen and oxygen atoms in total. The average Bonchev–Trinajstić information content (AvgIpc) is 2.61. The van der Waals surface area contributed by atoms with Gasteiger partial charge in [0.2, 0.25) is 0 Å². The molecule has 1 N–H and O–H groups in total. The van der Waals surface area contributed by atoms with E-state index in [2.05, 4.69) is 24.1 Å². The Balaban J connectivity index is 1.93. The van der Waals surface area contributed by atoms with Gasteiger partial charge in [-0.15, -0.1) is 0 Å². The van der Waals surface area contributed by atoms with Crippen molar-refractivity contribution in [3.05, 3.63) is 28.8 Å². The maximum absolute atomic E-state index is 12.2. The van der Waals surface area contributed by atoms with Crippen LogP contribution >= 0.6 is 11.6 Å². The van der Waals surface area contributed by atoms with Crippen molar-refractivity contribution in [3.63, 3.8) is 0 Å². The second-order valence-corrected chi connectivity index (χ2v) is 6.95. The van der Waals surface area contributed by atoms with E-state index in [1.165, 1.54) is 7.11 Å². The molecule has 138 valence electrons. The molecule has 0 unspecified atom stereocenters. The van der Waals surface area contributed by atoms with Crippen LogP contribution in [0.4, 0.5) is 10.5 Å². The monoisotopic (exact) mass is 367 g/mol. The Bertz CT molecular complexity index is 614. The first-order chi connectivity index (χ1) is 11.9. The minimum atomic E-state index is -0.388. The van der Waals surface area contributed by atoms with Crippen molar-refractivity contribution in [2.45, 2.75) is 20.3 Å². The first-order valence-electron chi connectivity index (χ1n) is 8.58.